The summed E-state index contributed by atoms with van der Waals surface area (Å²) in [7, 11) is 0. The van der Waals surface area contributed by atoms with E-state index >= 15 is 0 Å². The van der Waals surface area contributed by atoms with Gasteiger partial charge in [-0.15, -0.1) is 0 Å². The molecular weight excluding hydrogens is 314 g/mol. The molecule has 2 heterocycles. The standard InChI is InChI=1S/C17H15NO4S/c19-15(10-22-17(21)13-6-8-23-11-13)12-3-1-4-14(9-12)18-7-2-5-16(18)20/h1,3-4,6,8-9,11H,2,5,7,10H2. The number of Topliss-reactive ketones (excluding diaryl/α,β-unsaturated/α-hetero) is 1. The van der Waals surface area contributed by atoms with Crippen molar-refractivity contribution in [2.45, 2.75) is 12.8 Å². The van der Waals surface area contributed by atoms with E-state index in [1.807, 2.05) is 0 Å². The summed E-state index contributed by atoms with van der Waals surface area (Å²) in [6.07, 6.45) is 1.37. The number of ketones is 1. The first kappa shape index (κ1) is 15.4. The van der Waals surface area contributed by atoms with Crippen LogP contribution in [0.5, 0.6) is 0 Å². The van der Waals surface area contributed by atoms with Crippen LogP contribution < -0.4 is 4.90 Å². The van der Waals surface area contributed by atoms with Crippen molar-refractivity contribution in [3.05, 3.63) is 52.2 Å². The summed E-state index contributed by atoms with van der Waals surface area (Å²) in [5, 5.41) is 3.45. The smallest absolute Gasteiger partial charge is 0.339 e. The van der Waals surface area contributed by atoms with Crippen LogP contribution in [0.15, 0.2) is 41.1 Å². The van der Waals surface area contributed by atoms with E-state index in [9.17, 15) is 14.4 Å². The molecule has 1 aliphatic heterocycles. The van der Waals surface area contributed by atoms with Gasteiger partial charge in [-0.1, -0.05) is 12.1 Å². The lowest BCUT2D eigenvalue weighted by Crippen LogP contribution is -2.24. The van der Waals surface area contributed by atoms with Crippen LogP contribution in [0.25, 0.3) is 0 Å². The molecule has 0 bridgehead atoms. The van der Waals surface area contributed by atoms with Gasteiger partial charge in [0.25, 0.3) is 0 Å². The lowest BCUT2D eigenvalue weighted by Gasteiger charge is -2.16. The van der Waals surface area contributed by atoms with Gasteiger partial charge in [0, 0.05) is 29.6 Å². The zero-order valence-electron chi connectivity index (χ0n) is 12.4. The summed E-state index contributed by atoms with van der Waals surface area (Å²) in [5.74, 6) is -0.731. The molecule has 0 radical (unpaired) electrons. The number of esters is 1. The molecular formula is C17H15NO4S. The molecule has 1 saturated heterocycles. The number of amides is 1. The van der Waals surface area contributed by atoms with Crippen molar-refractivity contribution < 1.29 is 19.1 Å². The number of carbonyl (C=O) groups excluding carboxylic acids is 3. The molecule has 1 fully saturated rings. The Hall–Kier alpha value is -2.47. The number of rotatable bonds is 5. The third-order valence-electron chi connectivity index (χ3n) is 3.64. The van der Waals surface area contributed by atoms with Gasteiger partial charge in [-0.25, -0.2) is 4.79 Å². The topological polar surface area (TPSA) is 63.7 Å². The highest BCUT2D eigenvalue weighted by molar-refractivity contribution is 7.08. The van der Waals surface area contributed by atoms with E-state index in [0.717, 1.165) is 6.42 Å². The maximum absolute atomic E-state index is 12.2. The van der Waals surface area contributed by atoms with Gasteiger partial charge in [-0.2, -0.15) is 11.3 Å². The molecule has 3 rings (SSSR count). The van der Waals surface area contributed by atoms with Crippen molar-refractivity contribution in [3.8, 4) is 0 Å². The van der Waals surface area contributed by atoms with Gasteiger partial charge in [0.1, 0.15) is 0 Å². The van der Waals surface area contributed by atoms with Gasteiger partial charge in [0.15, 0.2) is 12.4 Å². The molecule has 1 aromatic heterocycles. The van der Waals surface area contributed by atoms with Crippen molar-refractivity contribution in [2.75, 3.05) is 18.1 Å². The van der Waals surface area contributed by atoms with Crippen molar-refractivity contribution in [2.24, 2.45) is 0 Å². The molecule has 0 unspecified atom stereocenters. The van der Waals surface area contributed by atoms with E-state index in [2.05, 4.69) is 0 Å². The van der Waals surface area contributed by atoms with Gasteiger partial charge in [0.05, 0.1) is 5.56 Å². The zero-order valence-corrected chi connectivity index (χ0v) is 13.2. The van der Waals surface area contributed by atoms with E-state index in [0.29, 0.717) is 29.8 Å². The molecule has 5 nitrogen and oxygen atoms in total. The van der Waals surface area contributed by atoms with Crippen LogP contribution in [0, 0.1) is 0 Å². The highest BCUT2D eigenvalue weighted by atomic mass is 32.1. The highest BCUT2D eigenvalue weighted by Gasteiger charge is 2.22. The summed E-state index contributed by atoms with van der Waals surface area (Å²) >= 11 is 1.39. The fraction of sp³-hybridized carbons (Fsp3) is 0.235. The number of carbonyl (C=O) groups is 3. The number of hydrogen-bond donors (Lipinski definition) is 0. The first-order valence-corrected chi connectivity index (χ1v) is 8.22. The lowest BCUT2D eigenvalue weighted by atomic mass is 10.1. The van der Waals surface area contributed by atoms with E-state index in [1.54, 1.807) is 46.0 Å². The van der Waals surface area contributed by atoms with Crippen LogP contribution in [0.4, 0.5) is 5.69 Å². The average molecular weight is 329 g/mol. The van der Waals surface area contributed by atoms with E-state index < -0.39 is 5.97 Å². The Bertz CT molecular complexity index is 739. The first-order valence-electron chi connectivity index (χ1n) is 7.28. The fourth-order valence-electron chi connectivity index (χ4n) is 2.45. The van der Waals surface area contributed by atoms with Crippen molar-refractivity contribution in [1.82, 2.24) is 0 Å². The van der Waals surface area contributed by atoms with E-state index in [4.69, 9.17) is 4.74 Å². The molecule has 2 aromatic rings. The van der Waals surface area contributed by atoms with E-state index in [-0.39, 0.29) is 18.3 Å². The molecule has 0 saturated carbocycles. The van der Waals surface area contributed by atoms with Crippen LogP contribution in [-0.4, -0.2) is 30.8 Å². The summed E-state index contributed by atoms with van der Waals surface area (Å²) in [6.45, 7) is 0.357. The maximum Gasteiger partial charge on any atom is 0.339 e. The van der Waals surface area contributed by atoms with Gasteiger partial charge in [0.2, 0.25) is 5.91 Å². The second kappa shape index (κ2) is 6.75. The Labute approximate surface area is 137 Å². The molecule has 1 aliphatic rings. The second-order valence-corrected chi connectivity index (χ2v) is 5.99. The van der Waals surface area contributed by atoms with Crippen LogP contribution in [-0.2, 0) is 9.53 Å². The first-order chi connectivity index (χ1) is 11.1. The largest absolute Gasteiger partial charge is 0.454 e. The Balaban J connectivity index is 1.65. The number of benzene rings is 1. The molecule has 6 heteroatoms. The predicted octanol–water partition coefficient (Wildman–Crippen LogP) is 2.91. The second-order valence-electron chi connectivity index (χ2n) is 5.21. The number of ether oxygens (including phenoxy) is 1. The van der Waals surface area contributed by atoms with Crippen LogP contribution >= 0.6 is 11.3 Å². The third kappa shape index (κ3) is 3.48. The molecule has 118 valence electrons. The monoisotopic (exact) mass is 329 g/mol. The minimum Gasteiger partial charge on any atom is -0.454 e. The van der Waals surface area contributed by atoms with Crippen LogP contribution in [0.2, 0.25) is 0 Å². The lowest BCUT2D eigenvalue weighted by molar-refractivity contribution is -0.117. The molecule has 0 spiro atoms. The van der Waals surface area contributed by atoms with Gasteiger partial charge < -0.3 is 9.64 Å². The fourth-order valence-corrected chi connectivity index (χ4v) is 3.07. The minimum absolute atomic E-state index is 0.0680. The van der Waals surface area contributed by atoms with Crippen LogP contribution in [0.3, 0.4) is 0 Å². The summed E-state index contributed by atoms with van der Waals surface area (Å²) in [4.78, 5) is 37.4. The zero-order chi connectivity index (χ0) is 16.2. The van der Waals surface area contributed by atoms with E-state index in [1.165, 1.54) is 11.3 Å². The van der Waals surface area contributed by atoms with Crippen molar-refractivity contribution in [1.29, 1.82) is 0 Å². The SMILES string of the molecule is O=C(COC(=O)c1ccsc1)c1cccc(N2CCCC2=O)c1. The number of anilines is 1. The Kier molecular flexibility index (Phi) is 4.52. The Morgan fingerprint density at radius 3 is 2.78 bits per heavy atom. The Morgan fingerprint density at radius 2 is 2.09 bits per heavy atom. The third-order valence-corrected chi connectivity index (χ3v) is 4.33. The number of nitrogens with zero attached hydrogens (tertiary/aromatic N) is 1. The van der Waals surface area contributed by atoms with Crippen LogP contribution in [0.1, 0.15) is 33.6 Å². The summed E-state index contributed by atoms with van der Waals surface area (Å²) in [6, 6.07) is 8.51. The quantitative estimate of drug-likeness (QED) is 0.625. The highest BCUT2D eigenvalue weighted by Crippen LogP contribution is 2.22. The summed E-state index contributed by atoms with van der Waals surface area (Å²) in [5.41, 5.74) is 1.59. The number of hydrogen-bond acceptors (Lipinski definition) is 5. The van der Waals surface area contributed by atoms with Crippen molar-refractivity contribution >= 4 is 34.7 Å². The molecule has 0 atom stereocenters. The number of thiophene rings is 1. The maximum atomic E-state index is 12.2. The molecule has 1 aromatic carbocycles. The normalized spacial score (nSPS) is 14.1. The average Bonchev–Trinajstić information content (AvgIpc) is 3.24. The predicted molar refractivity (Wildman–Crippen MR) is 87.0 cm³/mol. The Morgan fingerprint density at radius 1 is 1.22 bits per heavy atom. The molecule has 1 amide bonds. The van der Waals surface area contributed by atoms with Gasteiger partial charge in [-0.05, 0) is 30.0 Å². The molecule has 23 heavy (non-hydrogen) atoms. The van der Waals surface area contributed by atoms with Gasteiger partial charge in [-0.3, -0.25) is 9.59 Å². The van der Waals surface area contributed by atoms with Gasteiger partial charge >= 0.3 is 5.97 Å². The molecule has 0 N–H and O–H groups in total. The summed E-state index contributed by atoms with van der Waals surface area (Å²) < 4.78 is 5.03. The molecule has 0 aliphatic carbocycles. The van der Waals surface area contributed by atoms with Crippen molar-refractivity contribution in [3.63, 3.8) is 0 Å². The minimum atomic E-state index is -0.509.